The summed E-state index contributed by atoms with van der Waals surface area (Å²) in [4.78, 5) is 33.3. The van der Waals surface area contributed by atoms with Crippen LogP contribution in [0.2, 0.25) is 0 Å². The van der Waals surface area contributed by atoms with Gasteiger partial charge in [0.25, 0.3) is 0 Å². The Balaban J connectivity index is -0.000000197. The van der Waals surface area contributed by atoms with Crippen LogP contribution >= 0.6 is 7.82 Å². The van der Waals surface area contributed by atoms with Crippen molar-refractivity contribution in [3.05, 3.63) is 0 Å². The van der Waals surface area contributed by atoms with Crippen molar-refractivity contribution in [2.45, 2.75) is 29.7 Å². The van der Waals surface area contributed by atoms with E-state index in [1.807, 2.05) is 6.92 Å². The van der Waals surface area contributed by atoms with E-state index in [0.717, 1.165) is 34.4 Å². The topological polar surface area (TPSA) is 139 Å². The normalized spacial score (nSPS) is 13.7. The summed E-state index contributed by atoms with van der Waals surface area (Å²) < 4.78 is 8.91. The number of aliphatic hydroxyl groups excluding tert-OH is 1. The molecule has 5 N–H and O–H groups in total. The maximum absolute atomic E-state index is 10.1. The number of aliphatic carboxylic acids is 1. The number of rotatable bonds is 3. The van der Waals surface area contributed by atoms with Gasteiger partial charge in [0.05, 0.1) is 0 Å². The Kier molecular flexibility index (Phi) is 16.4. The van der Waals surface area contributed by atoms with Crippen LogP contribution in [0.4, 0.5) is 0 Å². The molecule has 0 saturated carbocycles. The summed E-state index contributed by atoms with van der Waals surface area (Å²) in [5.41, 5.74) is 0. The Morgan fingerprint density at radius 2 is 1.56 bits per heavy atom. The number of likely N-dealkylation sites (N-methyl/N-ethyl adjacent to an activating group) is 1. The molecule has 8 nitrogen and oxygen atoms in total. The van der Waals surface area contributed by atoms with E-state index in [0.29, 0.717) is 0 Å². The first-order valence-electron chi connectivity index (χ1n) is 5.18. The summed E-state index contributed by atoms with van der Waals surface area (Å²) in [6, 6.07) is -0.380. The van der Waals surface area contributed by atoms with Gasteiger partial charge in [0.15, 0.2) is 0 Å². The van der Waals surface area contributed by atoms with E-state index < -0.39 is 13.8 Å². The quantitative estimate of drug-likeness (QED) is 0.329. The standard InChI is InChI=1S/C5H11NO2.C3H7O.Na.H3O4P/c1-4(5(7)8)6(2)3;1-2-3-4;;1-5(2,3)4/h4H,1-3H3,(H,7,8);3-4H,2H2,1H3;;(H3,1,2,3,4). The molecule has 106 valence electrons. The molecule has 0 bridgehead atoms. The molecule has 0 aliphatic heterocycles. The third-order valence-corrected chi connectivity index (χ3v) is 2.54. The van der Waals surface area contributed by atoms with E-state index in [1.165, 1.54) is 0 Å². The number of carboxylic acid groups (broad SMARTS) is 1. The van der Waals surface area contributed by atoms with Gasteiger partial charge in [-0.05, 0) is 21.0 Å². The predicted molar refractivity (Wildman–Crippen MR) is 67.1 cm³/mol. The monoisotopic (exact) mass is 297 g/mol. The number of phosphoric acid groups is 1. The molecular formula is C8H21NNaO7P. The largest absolute Gasteiger partial charge is 0.466 e. The molecule has 0 spiro atoms. The molecule has 0 aromatic rings. The smallest absolute Gasteiger partial charge is 0.303 e. The van der Waals surface area contributed by atoms with E-state index in [4.69, 9.17) is 29.5 Å². The molecule has 10 heteroatoms. The van der Waals surface area contributed by atoms with Crippen LogP contribution in [-0.4, -0.2) is 87.2 Å². The zero-order valence-corrected chi connectivity index (χ0v) is 14.2. The Morgan fingerprint density at radius 1 is 1.33 bits per heavy atom. The van der Waals surface area contributed by atoms with E-state index in [-0.39, 0.29) is 9.40 Å². The van der Waals surface area contributed by atoms with Crippen LogP contribution in [0.3, 0.4) is 0 Å². The van der Waals surface area contributed by atoms with E-state index >= 15 is 0 Å². The number of hydrogen-bond acceptors (Lipinski definition) is 4. The molecule has 18 heavy (non-hydrogen) atoms. The van der Waals surface area contributed by atoms with Crippen molar-refractivity contribution in [3.8, 4) is 0 Å². The summed E-state index contributed by atoms with van der Waals surface area (Å²) in [6.45, 7) is 3.62. The molecule has 0 saturated heterocycles. The number of carboxylic acids is 1. The predicted octanol–water partition coefficient (Wildman–Crippen LogP) is -1.02. The van der Waals surface area contributed by atoms with Crippen LogP contribution in [0, 0.1) is 0 Å². The zero-order chi connectivity index (χ0) is 15.5. The van der Waals surface area contributed by atoms with Crippen LogP contribution < -0.4 is 0 Å². The molecule has 0 fully saturated rings. The van der Waals surface area contributed by atoms with Crippen LogP contribution in [0.15, 0.2) is 0 Å². The van der Waals surface area contributed by atoms with Crippen molar-refractivity contribution in [2.75, 3.05) is 14.1 Å². The Bertz CT molecular complexity index is 248. The third-order valence-electron chi connectivity index (χ3n) is 1.72. The summed E-state index contributed by atoms with van der Waals surface area (Å²) in [5, 5.41) is 16.7. The first-order chi connectivity index (χ1) is 7.82. The number of nitrogens with zero attached hydrogens (tertiary/aromatic N) is 1. The number of carbonyl (C=O) groups is 1. The Labute approximate surface area is 124 Å². The van der Waals surface area contributed by atoms with Gasteiger partial charge in [0, 0.05) is 0 Å². The second kappa shape index (κ2) is 12.5. The van der Waals surface area contributed by atoms with E-state index in [9.17, 15) is 4.79 Å². The molecule has 0 heterocycles. The SMILES string of the molecule is CC(C(=O)O)N(C)C.CC[CH](O)[Na].O=P(O)(O)O. The van der Waals surface area contributed by atoms with E-state index in [2.05, 4.69) is 0 Å². The van der Waals surface area contributed by atoms with Crippen molar-refractivity contribution < 1.29 is 34.3 Å². The van der Waals surface area contributed by atoms with Gasteiger partial charge in [-0.2, -0.15) is 0 Å². The van der Waals surface area contributed by atoms with Gasteiger partial charge in [-0.25, -0.2) is 4.57 Å². The minimum atomic E-state index is -4.64. The molecule has 0 aliphatic carbocycles. The molecule has 0 aliphatic rings. The van der Waals surface area contributed by atoms with Crippen LogP contribution in [-0.2, 0) is 9.36 Å². The van der Waals surface area contributed by atoms with Gasteiger partial charge in [-0.15, -0.1) is 0 Å². The van der Waals surface area contributed by atoms with Crippen molar-refractivity contribution in [2.24, 2.45) is 0 Å². The zero-order valence-electron chi connectivity index (χ0n) is 11.3. The minimum Gasteiger partial charge on any atom is -0.303 e. The first kappa shape index (κ1) is 23.6. The van der Waals surface area contributed by atoms with Gasteiger partial charge in [0.1, 0.15) is 6.04 Å². The van der Waals surface area contributed by atoms with Crippen molar-refractivity contribution >= 4 is 41.7 Å². The average molecular weight is 297 g/mol. The van der Waals surface area contributed by atoms with Crippen LogP contribution in [0.5, 0.6) is 0 Å². The molecule has 0 rings (SSSR count). The maximum Gasteiger partial charge on any atom is 0.466 e. The molecule has 2 unspecified atom stereocenters. The van der Waals surface area contributed by atoms with Gasteiger partial charge >= 0.3 is 63.5 Å². The molecule has 0 amide bonds. The van der Waals surface area contributed by atoms with Gasteiger partial charge in [0.2, 0.25) is 0 Å². The first-order valence-corrected chi connectivity index (χ1v) is 7.90. The fraction of sp³-hybridized carbons (Fsp3) is 0.875. The maximum atomic E-state index is 10.1. The van der Waals surface area contributed by atoms with Crippen LogP contribution in [0.25, 0.3) is 0 Å². The van der Waals surface area contributed by atoms with Gasteiger partial charge in [-0.3, -0.25) is 9.69 Å². The van der Waals surface area contributed by atoms with Gasteiger partial charge in [-0.1, -0.05) is 0 Å². The third kappa shape index (κ3) is 36.0. The fourth-order valence-electron chi connectivity index (χ4n) is 0.221. The number of hydrogen-bond donors (Lipinski definition) is 5. The Hall–Kier alpha value is 0.500. The van der Waals surface area contributed by atoms with E-state index in [1.54, 1.807) is 25.9 Å². The molecule has 0 radical (unpaired) electrons. The summed E-state index contributed by atoms with van der Waals surface area (Å²) in [6.07, 6.45) is 0.923. The summed E-state index contributed by atoms with van der Waals surface area (Å²) in [5.74, 6) is -0.782. The summed E-state index contributed by atoms with van der Waals surface area (Å²) in [7, 11) is -1.17. The molecule has 2 atom stereocenters. The average Bonchev–Trinajstić information content (AvgIpc) is 2.14. The fourth-order valence-corrected chi connectivity index (χ4v) is 0.221. The molecule has 0 aromatic carbocycles. The van der Waals surface area contributed by atoms with Crippen LogP contribution in [0.1, 0.15) is 20.3 Å². The number of aliphatic hydroxyl groups is 1. The van der Waals surface area contributed by atoms with Crippen molar-refractivity contribution in [3.63, 3.8) is 0 Å². The van der Waals surface area contributed by atoms with Crippen molar-refractivity contribution in [1.29, 1.82) is 0 Å². The van der Waals surface area contributed by atoms with Crippen molar-refractivity contribution in [1.82, 2.24) is 4.90 Å². The molecular weight excluding hydrogens is 276 g/mol. The Morgan fingerprint density at radius 3 is 1.56 bits per heavy atom. The van der Waals surface area contributed by atoms with Gasteiger partial charge < -0.3 is 19.8 Å². The molecule has 0 aromatic heterocycles. The summed E-state index contributed by atoms with van der Waals surface area (Å²) >= 11 is 0.925. The minimum absolute atomic E-state index is 0.0231. The second-order valence-electron chi connectivity index (χ2n) is 3.75. The second-order valence-corrected chi connectivity index (χ2v) is 6.11.